The molecule has 5 N–H and O–H groups in total. The second kappa shape index (κ2) is 16.3. The lowest BCUT2D eigenvalue weighted by Gasteiger charge is -2.21. The van der Waals surface area contributed by atoms with E-state index in [0.717, 1.165) is 39.4 Å². The first-order valence-corrected chi connectivity index (χ1v) is 22.6. The Morgan fingerprint density at radius 1 is 0.516 bits per heavy atom. The van der Waals surface area contributed by atoms with E-state index in [0.29, 0.717) is 61.4 Å². The summed E-state index contributed by atoms with van der Waals surface area (Å²) in [6.45, 7) is 11.2. The van der Waals surface area contributed by atoms with Crippen LogP contribution in [0.3, 0.4) is 0 Å². The fraction of sp³-hybridized carbons (Fsp3) is 0.122. The first kappa shape index (κ1) is 41.9. The van der Waals surface area contributed by atoms with Gasteiger partial charge >= 0.3 is 0 Å². The number of benzene rings is 7. The van der Waals surface area contributed by atoms with Crippen molar-refractivity contribution in [1.29, 1.82) is 0 Å². The van der Waals surface area contributed by atoms with Gasteiger partial charge in [0.05, 0.1) is 11.0 Å². The molecule has 0 bridgehead atoms. The smallest absolute Gasteiger partial charge is 0.295 e. The average Bonchev–Trinajstić information content (AvgIpc) is 3.23. The summed E-state index contributed by atoms with van der Waals surface area (Å²) in [4.78, 5) is 4.44. The van der Waals surface area contributed by atoms with Gasteiger partial charge in [0.25, 0.3) is 20.2 Å². The maximum Gasteiger partial charge on any atom is 0.295 e. The largest absolute Gasteiger partial charge is 0.456 e. The Hall–Kier alpha value is -6.77. The minimum absolute atomic E-state index is 0.247. The topological polar surface area (TPSA) is 170 Å². The first-order valence-electron chi connectivity index (χ1n) is 19.7. The molecule has 0 spiro atoms. The first-order chi connectivity index (χ1) is 29.5. The number of anilines is 6. The summed E-state index contributed by atoms with van der Waals surface area (Å²) in [6.07, 6.45) is 0. The van der Waals surface area contributed by atoms with Gasteiger partial charge in [0.2, 0.25) is 0 Å². The molecule has 0 atom stereocenters. The molecule has 314 valence electrons. The average molecular weight is 865 g/mol. The Labute approximate surface area is 360 Å². The van der Waals surface area contributed by atoms with Crippen molar-refractivity contribution in [3.8, 4) is 22.5 Å². The normalized spacial score (nSPS) is 12.2. The van der Waals surface area contributed by atoms with Crippen molar-refractivity contribution in [3.05, 3.63) is 166 Å². The fourth-order valence-electron chi connectivity index (χ4n) is 8.32. The van der Waals surface area contributed by atoms with Crippen LogP contribution in [0.1, 0.15) is 33.4 Å². The van der Waals surface area contributed by atoms with Gasteiger partial charge in [-0.1, -0.05) is 60.7 Å². The predicted molar refractivity (Wildman–Crippen MR) is 247 cm³/mol. The number of fused-ring (bicyclic) bond motifs is 2. The number of hydrogen-bond donors (Lipinski definition) is 5. The van der Waals surface area contributed by atoms with Gasteiger partial charge in [0.15, 0.2) is 0 Å². The van der Waals surface area contributed by atoms with Crippen molar-refractivity contribution >= 4 is 71.0 Å². The lowest BCUT2D eigenvalue weighted by molar-refractivity contribution is 0.480. The van der Waals surface area contributed by atoms with Crippen LogP contribution in [-0.4, -0.2) is 25.9 Å². The van der Waals surface area contributed by atoms with Gasteiger partial charge in [-0.05, 0) is 130 Å². The summed E-state index contributed by atoms with van der Waals surface area (Å²) in [7, 11) is -9.33. The van der Waals surface area contributed by atoms with Crippen LogP contribution in [0.25, 0.3) is 33.4 Å². The highest BCUT2D eigenvalue weighted by Crippen LogP contribution is 2.44. The van der Waals surface area contributed by atoms with Crippen LogP contribution in [0.2, 0.25) is 0 Å². The predicted octanol–water partition coefficient (Wildman–Crippen LogP) is 12.0. The van der Waals surface area contributed by atoms with Gasteiger partial charge in [-0.3, -0.25) is 9.11 Å². The SMILES string of the molecule is Cc1cc(C)c(Nc2ccc3c(-c4ccccc4S(=O)(=O)O)c4ccc(=Nc5c(C)c(Nc6ccccc6)c(C)c(S(=O)(=O)O)c5C)cc-4oc3c2)c(C)c1Nc1ccccc1. The van der Waals surface area contributed by atoms with Crippen molar-refractivity contribution in [1.82, 2.24) is 0 Å². The third-order valence-electron chi connectivity index (χ3n) is 11.1. The molecule has 0 fully saturated rings. The molecule has 6 aromatic carbocycles. The van der Waals surface area contributed by atoms with Gasteiger partial charge in [0.1, 0.15) is 21.1 Å². The van der Waals surface area contributed by atoms with Crippen LogP contribution in [0.5, 0.6) is 0 Å². The quantitative estimate of drug-likeness (QED) is 0.0658. The lowest BCUT2D eigenvalue weighted by atomic mass is 9.93. The van der Waals surface area contributed by atoms with E-state index >= 15 is 0 Å². The molecule has 0 saturated carbocycles. The molecule has 0 amide bonds. The summed E-state index contributed by atoms with van der Waals surface area (Å²) in [5.41, 5.74) is 11.2. The van der Waals surface area contributed by atoms with Gasteiger partial charge in [-0.15, -0.1) is 0 Å². The van der Waals surface area contributed by atoms with Gasteiger partial charge < -0.3 is 20.4 Å². The monoisotopic (exact) mass is 864 g/mol. The standard InChI is InChI=1S/C49H44N4O7S2/c1-28-25-29(2)46(30(3)45(28)50-34-15-9-7-10-16-34)52-36-21-23-38-41(26-36)60-42-27-37(22-24-39(42)44(38)40-19-13-14-20-43(40)61(54,55)56)53-48-31(4)47(51-35-17-11-8-12-18-35)32(5)49(33(48)6)62(57,58)59/h7-27,50-52H,1-6H3,(H,54,55,56)(H,57,58,59). The summed E-state index contributed by atoms with van der Waals surface area (Å²) >= 11 is 0. The van der Waals surface area contributed by atoms with E-state index in [2.05, 4.69) is 35.9 Å². The van der Waals surface area contributed by atoms with Crippen molar-refractivity contribution < 1.29 is 30.4 Å². The van der Waals surface area contributed by atoms with Crippen LogP contribution in [-0.2, 0) is 20.2 Å². The van der Waals surface area contributed by atoms with Crippen molar-refractivity contribution in [2.75, 3.05) is 16.0 Å². The highest BCUT2D eigenvalue weighted by atomic mass is 32.2. The molecule has 1 aliphatic carbocycles. The van der Waals surface area contributed by atoms with Crippen LogP contribution in [0, 0.1) is 41.5 Å². The number of nitrogens with one attached hydrogen (secondary N) is 3. The summed E-state index contributed by atoms with van der Waals surface area (Å²) < 4.78 is 78.8. The molecule has 0 saturated heterocycles. The van der Waals surface area contributed by atoms with Crippen LogP contribution < -0.4 is 21.3 Å². The Morgan fingerprint density at radius 2 is 1.10 bits per heavy atom. The molecule has 1 heterocycles. The molecular weight excluding hydrogens is 821 g/mol. The number of hydrogen-bond acceptors (Lipinski definition) is 9. The zero-order valence-electron chi connectivity index (χ0n) is 34.8. The summed E-state index contributed by atoms with van der Waals surface area (Å²) in [5.74, 6) is 0.341. The number of rotatable bonds is 10. The van der Waals surface area contributed by atoms with E-state index < -0.39 is 20.2 Å². The van der Waals surface area contributed by atoms with Crippen molar-refractivity contribution in [2.24, 2.45) is 4.99 Å². The van der Waals surface area contributed by atoms with Gasteiger partial charge in [-0.25, -0.2) is 4.99 Å². The zero-order chi connectivity index (χ0) is 44.1. The van der Waals surface area contributed by atoms with E-state index in [-0.39, 0.29) is 20.9 Å². The van der Waals surface area contributed by atoms with E-state index in [9.17, 15) is 25.9 Å². The molecular formula is C49H44N4O7S2. The van der Waals surface area contributed by atoms with E-state index in [1.165, 1.54) is 6.07 Å². The van der Waals surface area contributed by atoms with E-state index in [1.807, 2.05) is 92.7 Å². The zero-order valence-corrected chi connectivity index (χ0v) is 36.5. The maximum atomic E-state index is 12.9. The van der Waals surface area contributed by atoms with Crippen molar-refractivity contribution in [3.63, 3.8) is 0 Å². The Morgan fingerprint density at radius 3 is 1.71 bits per heavy atom. The molecule has 13 heteroatoms. The van der Waals surface area contributed by atoms with Crippen LogP contribution >= 0.6 is 0 Å². The second-order valence-electron chi connectivity index (χ2n) is 15.3. The number of nitrogens with zero attached hydrogens (tertiary/aromatic N) is 1. The molecule has 2 aliphatic rings. The lowest BCUT2D eigenvalue weighted by Crippen LogP contribution is -2.10. The molecule has 0 unspecified atom stereocenters. The van der Waals surface area contributed by atoms with Gasteiger partial charge in [-0.2, -0.15) is 16.8 Å². The Kier molecular flexibility index (Phi) is 11.0. The molecule has 0 radical (unpaired) electrons. The highest BCUT2D eigenvalue weighted by molar-refractivity contribution is 7.86. The maximum absolute atomic E-state index is 12.9. The number of para-hydroxylation sites is 2. The van der Waals surface area contributed by atoms with Gasteiger partial charge in [0, 0.05) is 68.3 Å². The third kappa shape index (κ3) is 8.06. The summed E-state index contributed by atoms with van der Waals surface area (Å²) in [5, 5.41) is 11.5. The Balaban J connectivity index is 1.33. The molecule has 6 aromatic rings. The second-order valence-corrected chi connectivity index (χ2v) is 18.1. The molecule has 62 heavy (non-hydrogen) atoms. The molecule has 8 rings (SSSR count). The molecule has 0 aromatic heterocycles. The van der Waals surface area contributed by atoms with Crippen LogP contribution in [0.4, 0.5) is 39.8 Å². The van der Waals surface area contributed by atoms with E-state index in [1.54, 1.807) is 50.2 Å². The molecule has 11 nitrogen and oxygen atoms in total. The van der Waals surface area contributed by atoms with E-state index in [4.69, 9.17) is 9.41 Å². The minimum atomic E-state index is -4.67. The van der Waals surface area contributed by atoms with Crippen LogP contribution in [0.15, 0.2) is 147 Å². The van der Waals surface area contributed by atoms with Crippen molar-refractivity contribution in [2.45, 2.75) is 51.3 Å². The highest BCUT2D eigenvalue weighted by Gasteiger charge is 2.26. The summed E-state index contributed by atoms with van der Waals surface area (Å²) in [6, 6.07) is 38.3. The number of aryl methyl sites for hydroxylation is 2. The third-order valence-corrected chi connectivity index (χ3v) is 13.1. The Bertz CT molecular complexity index is 3330. The molecule has 1 aliphatic heterocycles. The fourth-order valence-corrected chi connectivity index (χ4v) is 9.99. The minimum Gasteiger partial charge on any atom is -0.456 e.